The van der Waals surface area contributed by atoms with Crippen LogP contribution in [0, 0.1) is 5.41 Å². The zero-order valence-electron chi connectivity index (χ0n) is 11.6. The van der Waals surface area contributed by atoms with E-state index in [0.29, 0.717) is 6.54 Å². The highest BCUT2D eigenvalue weighted by molar-refractivity contribution is 5.88. The highest BCUT2D eigenvalue weighted by Crippen LogP contribution is 2.37. The van der Waals surface area contributed by atoms with Gasteiger partial charge in [-0.05, 0) is 33.6 Å². The normalized spacial score (nSPS) is 18.4. The monoisotopic (exact) mass is 255 g/mol. The Kier molecular flexibility index (Phi) is 4.73. The summed E-state index contributed by atoms with van der Waals surface area (Å²) >= 11 is 0. The first-order valence-corrected chi connectivity index (χ1v) is 6.58. The third-order valence-corrected chi connectivity index (χ3v) is 3.36. The SMILES string of the molecule is CC(C)(C)NC(=O)CNC(=O)C1(CN)CCCC1. The van der Waals surface area contributed by atoms with Crippen molar-refractivity contribution in [3.63, 3.8) is 0 Å². The maximum atomic E-state index is 12.1. The van der Waals surface area contributed by atoms with Gasteiger partial charge in [-0.15, -0.1) is 0 Å². The van der Waals surface area contributed by atoms with Crippen molar-refractivity contribution in [3.05, 3.63) is 0 Å². The van der Waals surface area contributed by atoms with Crippen molar-refractivity contribution in [2.24, 2.45) is 11.1 Å². The first-order valence-electron chi connectivity index (χ1n) is 6.58. The standard InChI is InChI=1S/C13H25N3O2/c1-12(2,3)16-10(17)8-15-11(18)13(9-14)6-4-5-7-13/h4-9,14H2,1-3H3,(H,15,18)(H,16,17). The Morgan fingerprint density at radius 3 is 2.22 bits per heavy atom. The van der Waals surface area contributed by atoms with Crippen LogP contribution in [0.2, 0.25) is 0 Å². The van der Waals surface area contributed by atoms with Crippen molar-refractivity contribution in [1.29, 1.82) is 0 Å². The van der Waals surface area contributed by atoms with Gasteiger partial charge in [0.05, 0.1) is 12.0 Å². The quantitative estimate of drug-likeness (QED) is 0.685. The van der Waals surface area contributed by atoms with Gasteiger partial charge in [0.1, 0.15) is 0 Å². The molecule has 0 aromatic carbocycles. The fourth-order valence-corrected chi connectivity index (χ4v) is 2.39. The van der Waals surface area contributed by atoms with Gasteiger partial charge in [0.2, 0.25) is 11.8 Å². The molecule has 0 aromatic heterocycles. The largest absolute Gasteiger partial charge is 0.350 e. The van der Waals surface area contributed by atoms with Gasteiger partial charge in [0, 0.05) is 12.1 Å². The van der Waals surface area contributed by atoms with Gasteiger partial charge < -0.3 is 16.4 Å². The number of nitrogens with two attached hydrogens (primary N) is 1. The van der Waals surface area contributed by atoms with Gasteiger partial charge in [0.25, 0.3) is 0 Å². The van der Waals surface area contributed by atoms with E-state index in [2.05, 4.69) is 10.6 Å². The first kappa shape index (κ1) is 15.0. The molecule has 0 aromatic rings. The van der Waals surface area contributed by atoms with Crippen LogP contribution >= 0.6 is 0 Å². The smallest absolute Gasteiger partial charge is 0.239 e. The predicted octanol–water partition coefficient (Wildman–Crippen LogP) is 0.536. The molecule has 104 valence electrons. The van der Waals surface area contributed by atoms with Crippen LogP contribution in [0.4, 0.5) is 0 Å². The number of carbonyl (C=O) groups excluding carboxylic acids is 2. The molecule has 1 saturated carbocycles. The van der Waals surface area contributed by atoms with Crippen molar-refractivity contribution in [2.75, 3.05) is 13.1 Å². The highest BCUT2D eigenvalue weighted by Gasteiger charge is 2.39. The second kappa shape index (κ2) is 5.69. The second-order valence-electron chi connectivity index (χ2n) is 6.17. The number of rotatable bonds is 4. The number of hydrogen-bond acceptors (Lipinski definition) is 3. The van der Waals surface area contributed by atoms with Gasteiger partial charge >= 0.3 is 0 Å². The molecule has 0 aliphatic heterocycles. The van der Waals surface area contributed by atoms with Crippen LogP contribution in [-0.2, 0) is 9.59 Å². The minimum absolute atomic E-state index is 0.0256. The zero-order chi connectivity index (χ0) is 13.8. The molecule has 0 saturated heterocycles. The Morgan fingerprint density at radius 2 is 1.78 bits per heavy atom. The van der Waals surface area contributed by atoms with Crippen LogP contribution in [0.25, 0.3) is 0 Å². The molecule has 1 aliphatic carbocycles. The van der Waals surface area contributed by atoms with Gasteiger partial charge in [-0.3, -0.25) is 9.59 Å². The Morgan fingerprint density at radius 1 is 1.22 bits per heavy atom. The Labute approximate surface area is 109 Å². The lowest BCUT2D eigenvalue weighted by molar-refractivity contribution is -0.133. The molecular formula is C13H25N3O2. The third kappa shape index (κ3) is 3.98. The Bertz CT molecular complexity index is 315. The summed E-state index contributed by atoms with van der Waals surface area (Å²) in [5.74, 6) is -0.243. The van der Waals surface area contributed by atoms with E-state index in [-0.39, 0.29) is 23.9 Å². The lowest BCUT2D eigenvalue weighted by Crippen LogP contribution is -2.50. The maximum Gasteiger partial charge on any atom is 0.239 e. The summed E-state index contributed by atoms with van der Waals surface area (Å²) in [6.07, 6.45) is 3.74. The van der Waals surface area contributed by atoms with Gasteiger partial charge in [-0.1, -0.05) is 12.8 Å². The number of amides is 2. The molecule has 0 bridgehead atoms. The molecule has 0 spiro atoms. The molecule has 0 atom stereocenters. The van der Waals surface area contributed by atoms with Crippen LogP contribution < -0.4 is 16.4 Å². The molecule has 5 nitrogen and oxygen atoms in total. The molecule has 5 heteroatoms. The molecule has 0 radical (unpaired) electrons. The molecule has 18 heavy (non-hydrogen) atoms. The summed E-state index contributed by atoms with van der Waals surface area (Å²) in [7, 11) is 0. The molecule has 4 N–H and O–H groups in total. The van der Waals surface area contributed by atoms with Crippen LogP contribution in [-0.4, -0.2) is 30.4 Å². The lowest BCUT2D eigenvalue weighted by Gasteiger charge is -2.26. The van der Waals surface area contributed by atoms with Crippen LogP contribution in [0.15, 0.2) is 0 Å². The van der Waals surface area contributed by atoms with E-state index < -0.39 is 5.41 Å². The number of carbonyl (C=O) groups is 2. The molecule has 2 amide bonds. The fraction of sp³-hybridized carbons (Fsp3) is 0.846. The van der Waals surface area contributed by atoms with Crippen molar-refractivity contribution in [2.45, 2.75) is 52.0 Å². The predicted molar refractivity (Wildman–Crippen MR) is 70.9 cm³/mol. The van der Waals surface area contributed by atoms with Crippen molar-refractivity contribution < 1.29 is 9.59 Å². The van der Waals surface area contributed by atoms with E-state index >= 15 is 0 Å². The van der Waals surface area contributed by atoms with E-state index in [4.69, 9.17) is 5.73 Å². The maximum absolute atomic E-state index is 12.1. The van der Waals surface area contributed by atoms with E-state index in [1.54, 1.807) is 0 Å². The van der Waals surface area contributed by atoms with E-state index in [0.717, 1.165) is 25.7 Å². The number of nitrogens with one attached hydrogen (secondary N) is 2. The average molecular weight is 255 g/mol. The summed E-state index contributed by atoms with van der Waals surface area (Å²) in [4.78, 5) is 23.7. The van der Waals surface area contributed by atoms with E-state index in [9.17, 15) is 9.59 Å². The average Bonchev–Trinajstić information content (AvgIpc) is 2.73. The highest BCUT2D eigenvalue weighted by atomic mass is 16.2. The van der Waals surface area contributed by atoms with Gasteiger partial charge in [0.15, 0.2) is 0 Å². The fourth-order valence-electron chi connectivity index (χ4n) is 2.39. The Balaban J connectivity index is 2.43. The Hall–Kier alpha value is -1.10. The van der Waals surface area contributed by atoms with Crippen molar-refractivity contribution in [3.8, 4) is 0 Å². The van der Waals surface area contributed by atoms with Crippen LogP contribution in [0.1, 0.15) is 46.5 Å². The van der Waals surface area contributed by atoms with E-state index in [1.165, 1.54) is 0 Å². The van der Waals surface area contributed by atoms with Gasteiger partial charge in [-0.25, -0.2) is 0 Å². The zero-order valence-corrected chi connectivity index (χ0v) is 11.6. The molecule has 0 heterocycles. The summed E-state index contributed by atoms with van der Waals surface area (Å²) in [5, 5.41) is 5.52. The molecular weight excluding hydrogens is 230 g/mol. The first-order chi connectivity index (χ1) is 8.29. The molecule has 1 rings (SSSR count). The van der Waals surface area contributed by atoms with Crippen molar-refractivity contribution in [1.82, 2.24) is 10.6 Å². The molecule has 1 fully saturated rings. The lowest BCUT2D eigenvalue weighted by atomic mass is 9.85. The van der Waals surface area contributed by atoms with E-state index in [1.807, 2.05) is 20.8 Å². The summed E-state index contributed by atoms with van der Waals surface area (Å²) < 4.78 is 0. The summed E-state index contributed by atoms with van der Waals surface area (Å²) in [6, 6.07) is 0. The number of hydrogen-bond donors (Lipinski definition) is 3. The van der Waals surface area contributed by atoms with Crippen molar-refractivity contribution >= 4 is 11.8 Å². The summed E-state index contributed by atoms with van der Waals surface area (Å²) in [6.45, 7) is 6.11. The van der Waals surface area contributed by atoms with Crippen LogP contribution in [0.5, 0.6) is 0 Å². The molecule has 1 aliphatic rings. The summed E-state index contributed by atoms with van der Waals surface area (Å²) in [5.41, 5.74) is 5.00. The topological polar surface area (TPSA) is 84.2 Å². The van der Waals surface area contributed by atoms with Gasteiger partial charge in [-0.2, -0.15) is 0 Å². The molecule has 0 unspecified atom stereocenters. The van der Waals surface area contributed by atoms with Crippen LogP contribution in [0.3, 0.4) is 0 Å². The minimum Gasteiger partial charge on any atom is -0.350 e. The second-order valence-corrected chi connectivity index (χ2v) is 6.17. The minimum atomic E-state index is -0.442. The third-order valence-electron chi connectivity index (χ3n) is 3.36.